The summed E-state index contributed by atoms with van der Waals surface area (Å²) in [6.45, 7) is 3.67. The molecule has 2 rings (SSSR count). The molecule has 0 spiro atoms. The standard InChI is InChI=1S/C12H19N3OS.2ClH/c1-2-11-14-10(8-17-11)7-12(16)15-5-3-9(13)4-6-15;;/h8-9H,2-7,13H2,1H3;2*1H. The summed E-state index contributed by atoms with van der Waals surface area (Å²) in [6.07, 6.45) is 3.22. The molecule has 4 nitrogen and oxygen atoms in total. The van der Waals surface area contributed by atoms with Crippen molar-refractivity contribution >= 4 is 42.1 Å². The van der Waals surface area contributed by atoms with Crippen LogP contribution in [0.3, 0.4) is 0 Å². The molecule has 1 aromatic rings. The van der Waals surface area contributed by atoms with Crippen molar-refractivity contribution in [2.45, 2.75) is 38.6 Å². The van der Waals surface area contributed by atoms with E-state index in [0.717, 1.165) is 43.1 Å². The topological polar surface area (TPSA) is 59.2 Å². The number of halogens is 2. The monoisotopic (exact) mass is 325 g/mol. The fraction of sp³-hybridized carbons (Fsp3) is 0.667. The zero-order chi connectivity index (χ0) is 12.3. The number of hydrogen-bond donors (Lipinski definition) is 1. The maximum Gasteiger partial charge on any atom is 0.228 e. The first kappa shape index (κ1) is 18.6. The minimum Gasteiger partial charge on any atom is -0.342 e. The Balaban J connectivity index is 0.00000162. The molecule has 1 aliphatic heterocycles. The van der Waals surface area contributed by atoms with Gasteiger partial charge in [-0.2, -0.15) is 0 Å². The molecule has 7 heteroatoms. The Labute approximate surface area is 130 Å². The zero-order valence-corrected chi connectivity index (χ0v) is 13.5. The van der Waals surface area contributed by atoms with Crippen LogP contribution < -0.4 is 5.73 Å². The smallest absolute Gasteiger partial charge is 0.228 e. The van der Waals surface area contributed by atoms with Crippen molar-refractivity contribution in [3.63, 3.8) is 0 Å². The summed E-state index contributed by atoms with van der Waals surface area (Å²) in [5, 5.41) is 3.10. The molecular formula is C12H21Cl2N3OS. The molecule has 2 N–H and O–H groups in total. The minimum absolute atomic E-state index is 0. The second-order valence-corrected chi connectivity index (χ2v) is 5.42. The van der Waals surface area contributed by atoms with Gasteiger partial charge >= 0.3 is 0 Å². The molecule has 0 radical (unpaired) electrons. The highest BCUT2D eigenvalue weighted by Gasteiger charge is 2.21. The number of rotatable bonds is 3. The molecule has 1 amide bonds. The third kappa shape index (κ3) is 5.26. The van der Waals surface area contributed by atoms with Crippen molar-refractivity contribution in [1.82, 2.24) is 9.88 Å². The number of carbonyl (C=O) groups is 1. The molecule has 110 valence electrons. The van der Waals surface area contributed by atoms with Gasteiger partial charge < -0.3 is 10.6 Å². The molecule has 1 saturated heterocycles. The molecule has 0 atom stereocenters. The largest absolute Gasteiger partial charge is 0.342 e. The lowest BCUT2D eigenvalue weighted by atomic mass is 10.1. The zero-order valence-electron chi connectivity index (χ0n) is 11.0. The first-order chi connectivity index (χ1) is 8.19. The van der Waals surface area contributed by atoms with Crippen LogP contribution in [-0.2, 0) is 17.6 Å². The lowest BCUT2D eigenvalue weighted by Crippen LogP contribution is -2.43. The summed E-state index contributed by atoms with van der Waals surface area (Å²) in [5.74, 6) is 0.185. The number of nitrogens with two attached hydrogens (primary N) is 1. The summed E-state index contributed by atoms with van der Waals surface area (Å²) < 4.78 is 0. The Morgan fingerprint density at radius 1 is 1.47 bits per heavy atom. The number of nitrogens with zero attached hydrogens (tertiary/aromatic N) is 2. The maximum absolute atomic E-state index is 12.0. The molecule has 2 heterocycles. The normalized spacial score (nSPS) is 15.6. The molecule has 0 bridgehead atoms. The molecule has 0 aliphatic carbocycles. The summed E-state index contributed by atoms with van der Waals surface area (Å²) in [4.78, 5) is 18.4. The Bertz CT molecular complexity index is 392. The van der Waals surface area contributed by atoms with Gasteiger partial charge in [0, 0.05) is 24.5 Å². The van der Waals surface area contributed by atoms with E-state index in [1.54, 1.807) is 11.3 Å². The van der Waals surface area contributed by atoms with Crippen molar-refractivity contribution in [2.75, 3.05) is 13.1 Å². The molecule has 0 unspecified atom stereocenters. The van der Waals surface area contributed by atoms with Crippen LogP contribution >= 0.6 is 36.2 Å². The average Bonchev–Trinajstić information content (AvgIpc) is 2.77. The second kappa shape index (κ2) is 8.74. The van der Waals surface area contributed by atoms with Crippen LogP contribution in [-0.4, -0.2) is 34.9 Å². The summed E-state index contributed by atoms with van der Waals surface area (Å²) in [6, 6.07) is 0.269. The van der Waals surface area contributed by atoms with E-state index in [1.165, 1.54) is 0 Å². The number of aryl methyl sites for hydroxylation is 1. The predicted molar refractivity (Wildman–Crippen MR) is 83.5 cm³/mol. The van der Waals surface area contributed by atoms with Crippen molar-refractivity contribution in [2.24, 2.45) is 5.73 Å². The number of piperidine rings is 1. The van der Waals surface area contributed by atoms with Crippen molar-refractivity contribution in [3.8, 4) is 0 Å². The van der Waals surface area contributed by atoms with Crippen LogP contribution in [0.4, 0.5) is 0 Å². The average molecular weight is 326 g/mol. The predicted octanol–water partition coefficient (Wildman–Crippen LogP) is 2.04. The highest BCUT2D eigenvalue weighted by molar-refractivity contribution is 7.09. The molecule has 19 heavy (non-hydrogen) atoms. The quantitative estimate of drug-likeness (QED) is 0.925. The lowest BCUT2D eigenvalue weighted by Gasteiger charge is -2.30. The second-order valence-electron chi connectivity index (χ2n) is 4.48. The number of thiazole rings is 1. The maximum atomic E-state index is 12.0. The van der Waals surface area contributed by atoms with Crippen molar-refractivity contribution in [3.05, 3.63) is 16.1 Å². The van der Waals surface area contributed by atoms with E-state index in [-0.39, 0.29) is 36.8 Å². The van der Waals surface area contributed by atoms with E-state index in [0.29, 0.717) is 6.42 Å². The Kier molecular flexibility index (Phi) is 8.57. The number of amides is 1. The molecule has 1 fully saturated rings. The highest BCUT2D eigenvalue weighted by Crippen LogP contribution is 2.14. The Morgan fingerprint density at radius 2 is 2.11 bits per heavy atom. The van der Waals surface area contributed by atoms with Crippen LogP contribution in [0.25, 0.3) is 0 Å². The number of hydrogen-bond acceptors (Lipinski definition) is 4. The van der Waals surface area contributed by atoms with E-state index in [1.807, 2.05) is 10.3 Å². The summed E-state index contributed by atoms with van der Waals surface area (Å²) in [5.41, 5.74) is 6.73. The molecular weight excluding hydrogens is 305 g/mol. The third-order valence-corrected chi connectivity index (χ3v) is 4.17. The van der Waals surface area contributed by atoms with Crippen LogP contribution in [0.15, 0.2) is 5.38 Å². The number of aromatic nitrogens is 1. The number of carbonyl (C=O) groups excluding carboxylic acids is 1. The first-order valence-corrected chi connectivity index (χ1v) is 7.03. The van der Waals surface area contributed by atoms with Gasteiger partial charge in [0.25, 0.3) is 0 Å². The molecule has 0 aromatic carbocycles. The van der Waals surface area contributed by atoms with E-state index >= 15 is 0 Å². The van der Waals surface area contributed by atoms with Gasteiger partial charge in [0.2, 0.25) is 5.91 Å². The van der Waals surface area contributed by atoms with Gasteiger partial charge in [-0.3, -0.25) is 4.79 Å². The Morgan fingerprint density at radius 3 is 2.63 bits per heavy atom. The Hall–Kier alpha value is -0.360. The van der Waals surface area contributed by atoms with Gasteiger partial charge in [-0.15, -0.1) is 36.2 Å². The van der Waals surface area contributed by atoms with Gasteiger partial charge in [-0.05, 0) is 19.3 Å². The highest BCUT2D eigenvalue weighted by atomic mass is 35.5. The minimum atomic E-state index is 0. The summed E-state index contributed by atoms with van der Waals surface area (Å²) in [7, 11) is 0. The molecule has 1 aliphatic rings. The van der Waals surface area contributed by atoms with Crippen molar-refractivity contribution < 1.29 is 4.79 Å². The fourth-order valence-corrected chi connectivity index (χ4v) is 2.75. The van der Waals surface area contributed by atoms with Crippen LogP contribution in [0.5, 0.6) is 0 Å². The van der Waals surface area contributed by atoms with E-state index in [9.17, 15) is 4.79 Å². The summed E-state index contributed by atoms with van der Waals surface area (Å²) >= 11 is 1.64. The van der Waals surface area contributed by atoms with E-state index in [4.69, 9.17) is 5.73 Å². The molecule has 1 aromatic heterocycles. The van der Waals surface area contributed by atoms with Crippen molar-refractivity contribution in [1.29, 1.82) is 0 Å². The van der Waals surface area contributed by atoms with Gasteiger partial charge in [-0.1, -0.05) is 6.92 Å². The van der Waals surface area contributed by atoms with Gasteiger partial charge in [0.1, 0.15) is 0 Å². The number of likely N-dealkylation sites (tertiary alicyclic amines) is 1. The third-order valence-electron chi connectivity index (χ3n) is 3.13. The van der Waals surface area contributed by atoms with Crippen LogP contribution in [0, 0.1) is 0 Å². The fourth-order valence-electron chi connectivity index (χ4n) is 2.01. The first-order valence-electron chi connectivity index (χ1n) is 6.15. The lowest BCUT2D eigenvalue weighted by molar-refractivity contribution is -0.131. The SMILES string of the molecule is CCc1nc(CC(=O)N2CCC(N)CC2)cs1.Cl.Cl. The van der Waals surface area contributed by atoms with Crippen LogP contribution in [0.1, 0.15) is 30.5 Å². The van der Waals surface area contributed by atoms with Gasteiger partial charge in [-0.25, -0.2) is 4.98 Å². The van der Waals surface area contributed by atoms with Gasteiger partial charge in [0.05, 0.1) is 17.1 Å². The van der Waals surface area contributed by atoms with Crippen LogP contribution in [0.2, 0.25) is 0 Å². The van der Waals surface area contributed by atoms with E-state index in [2.05, 4.69) is 11.9 Å². The van der Waals surface area contributed by atoms with E-state index < -0.39 is 0 Å². The molecule has 0 saturated carbocycles. The van der Waals surface area contributed by atoms with Gasteiger partial charge in [0.15, 0.2) is 0 Å².